The second kappa shape index (κ2) is 10.6. The molecule has 1 aromatic carbocycles. The minimum absolute atomic E-state index is 0.0995. The van der Waals surface area contributed by atoms with Crippen molar-refractivity contribution in [3.8, 4) is 5.75 Å². The summed E-state index contributed by atoms with van der Waals surface area (Å²) in [6.45, 7) is 9.52. The number of ether oxygens (including phenoxy) is 1. The van der Waals surface area contributed by atoms with E-state index < -0.39 is 0 Å². The molecule has 1 amide bonds. The molecule has 6 nitrogen and oxygen atoms in total. The van der Waals surface area contributed by atoms with Crippen molar-refractivity contribution in [2.45, 2.75) is 25.8 Å². The molecule has 0 saturated carbocycles. The SMILES string of the molecule is CN1CCN(CCCNCc2ccccc2OCC(=O)N2CCCC2)CC1. The molecule has 0 aliphatic carbocycles. The van der Waals surface area contributed by atoms with Gasteiger partial charge in [-0.1, -0.05) is 18.2 Å². The molecule has 2 saturated heterocycles. The van der Waals surface area contributed by atoms with E-state index in [-0.39, 0.29) is 12.5 Å². The maximum atomic E-state index is 12.2. The van der Waals surface area contributed by atoms with E-state index in [0.717, 1.165) is 63.3 Å². The van der Waals surface area contributed by atoms with E-state index in [0.29, 0.717) is 0 Å². The second-order valence-electron chi connectivity index (χ2n) is 7.66. The zero-order chi connectivity index (χ0) is 18.9. The van der Waals surface area contributed by atoms with Gasteiger partial charge in [-0.3, -0.25) is 4.79 Å². The molecule has 0 atom stereocenters. The average Bonchev–Trinajstić information content (AvgIpc) is 3.23. The molecule has 1 aromatic rings. The van der Waals surface area contributed by atoms with Crippen LogP contribution in [0.3, 0.4) is 0 Å². The summed E-state index contributed by atoms with van der Waals surface area (Å²) >= 11 is 0. The summed E-state index contributed by atoms with van der Waals surface area (Å²) in [6, 6.07) is 8.02. The van der Waals surface area contributed by atoms with Crippen molar-refractivity contribution in [1.82, 2.24) is 20.0 Å². The van der Waals surface area contributed by atoms with Crippen LogP contribution in [-0.2, 0) is 11.3 Å². The normalized spacial score (nSPS) is 18.8. The Morgan fingerprint density at radius 2 is 1.81 bits per heavy atom. The highest BCUT2D eigenvalue weighted by Crippen LogP contribution is 2.18. The molecule has 1 N–H and O–H groups in total. The molecular weight excluding hydrogens is 340 g/mol. The molecule has 0 bridgehead atoms. The largest absolute Gasteiger partial charge is 0.483 e. The molecule has 2 heterocycles. The van der Waals surface area contributed by atoms with Crippen LogP contribution < -0.4 is 10.1 Å². The minimum atomic E-state index is 0.0995. The highest BCUT2D eigenvalue weighted by molar-refractivity contribution is 5.78. The summed E-state index contributed by atoms with van der Waals surface area (Å²) in [5.74, 6) is 0.916. The Morgan fingerprint density at radius 1 is 1.07 bits per heavy atom. The van der Waals surface area contributed by atoms with E-state index in [1.165, 1.54) is 26.2 Å². The first-order valence-electron chi connectivity index (χ1n) is 10.3. The Kier molecular flexibility index (Phi) is 7.93. The van der Waals surface area contributed by atoms with Crippen LogP contribution >= 0.6 is 0 Å². The summed E-state index contributed by atoms with van der Waals surface area (Å²) in [5, 5.41) is 3.52. The maximum absolute atomic E-state index is 12.2. The summed E-state index contributed by atoms with van der Waals surface area (Å²) in [6.07, 6.45) is 3.38. The summed E-state index contributed by atoms with van der Waals surface area (Å²) in [7, 11) is 2.19. The van der Waals surface area contributed by atoms with Crippen LogP contribution in [0.5, 0.6) is 5.75 Å². The topological polar surface area (TPSA) is 48.1 Å². The lowest BCUT2D eigenvalue weighted by Crippen LogP contribution is -2.45. The molecule has 3 rings (SSSR count). The van der Waals surface area contributed by atoms with Gasteiger partial charge in [0.25, 0.3) is 5.91 Å². The Morgan fingerprint density at radius 3 is 2.59 bits per heavy atom. The number of amides is 1. The highest BCUT2D eigenvalue weighted by Gasteiger charge is 2.18. The van der Waals surface area contributed by atoms with Crippen LogP contribution in [-0.4, -0.2) is 86.6 Å². The molecule has 2 fully saturated rings. The fourth-order valence-corrected chi connectivity index (χ4v) is 3.71. The number of carbonyl (C=O) groups excluding carboxylic acids is 1. The molecule has 0 spiro atoms. The molecule has 150 valence electrons. The van der Waals surface area contributed by atoms with Gasteiger partial charge in [0.05, 0.1) is 0 Å². The van der Waals surface area contributed by atoms with E-state index in [4.69, 9.17) is 4.74 Å². The number of nitrogens with zero attached hydrogens (tertiary/aromatic N) is 3. The Hall–Kier alpha value is -1.63. The van der Waals surface area contributed by atoms with Crippen LogP contribution in [0.25, 0.3) is 0 Å². The van der Waals surface area contributed by atoms with Gasteiger partial charge in [0.2, 0.25) is 0 Å². The molecule has 6 heteroatoms. The number of piperazine rings is 1. The third-order valence-electron chi connectivity index (χ3n) is 5.52. The van der Waals surface area contributed by atoms with E-state index in [2.05, 4.69) is 28.2 Å². The third kappa shape index (κ3) is 6.48. The number of benzene rings is 1. The van der Waals surface area contributed by atoms with E-state index in [1.54, 1.807) is 0 Å². The van der Waals surface area contributed by atoms with E-state index in [9.17, 15) is 4.79 Å². The number of carbonyl (C=O) groups is 1. The maximum Gasteiger partial charge on any atom is 0.260 e. The number of likely N-dealkylation sites (tertiary alicyclic amines) is 1. The fraction of sp³-hybridized carbons (Fsp3) is 0.667. The molecule has 0 radical (unpaired) electrons. The number of likely N-dealkylation sites (N-methyl/N-ethyl adjacent to an activating group) is 1. The third-order valence-corrected chi connectivity index (χ3v) is 5.52. The van der Waals surface area contributed by atoms with Gasteiger partial charge in [-0.2, -0.15) is 0 Å². The van der Waals surface area contributed by atoms with Crippen molar-refractivity contribution in [2.24, 2.45) is 0 Å². The Balaban J connectivity index is 1.35. The van der Waals surface area contributed by atoms with Crippen molar-refractivity contribution >= 4 is 5.91 Å². The standard InChI is InChI=1S/C21H34N4O2/c1-23-13-15-24(16-14-23)10-6-9-22-17-19-7-2-3-8-20(19)27-18-21(26)25-11-4-5-12-25/h2-3,7-8,22H,4-6,9-18H2,1H3. The van der Waals surface area contributed by atoms with Crippen molar-refractivity contribution in [1.29, 1.82) is 0 Å². The molecular formula is C21H34N4O2. The first-order valence-corrected chi connectivity index (χ1v) is 10.3. The van der Waals surface area contributed by atoms with Gasteiger partial charge in [0, 0.05) is 51.4 Å². The number of hydrogen-bond acceptors (Lipinski definition) is 5. The van der Waals surface area contributed by atoms with Gasteiger partial charge in [-0.15, -0.1) is 0 Å². The Labute approximate surface area is 163 Å². The molecule has 0 aromatic heterocycles. The minimum Gasteiger partial charge on any atom is -0.483 e. The fourth-order valence-electron chi connectivity index (χ4n) is 3.71. The van der Waals surface area contributed by atoms with Crippen LogP contribution in [0, 0.1) is 0 Å². The second-order valence-corrected chi connectivity index (χ2v) is 7.66. The lowest BCUT2D eigenvalue weighted by molar-refractivity contribution is -0.132. The summed E-state index contributed by atoms with van der Waals surface area (Å²) in [5.41, 5.74) is 1.12. The predicted octanol–water partition coefficient (Wildman–Crippen LogP) is 1.41. The monoisotopic (exact) mass is 374 g/mol. The van der Waals surface area contributed by atoms with Gasteiger partial charge in [-0.05, 0) is 45.5 Å². The van der Waals surface area contributed by atoms with Crippen LogP contribution in [0.1, 0.15) is 24.8 Å². The summed E-state index contributed by atoms with van der Waals surface area (Å²) < 4.78 is 5.83. The highest BCUT2D eigenvalue weighted by atomic mass is 16.5. The van der Waals surface area contributed by atoms with Gasteiger partial charge in [-0.25, -0.2) is 0 Å². The molecule has 2 aliphatic rings. The van der Waals surface area contributed by atoms with Gasteiger partial charge >= 0.3 is 0 Å². The molecule has 2 aliphatic heterocycles. The zero-order valence-electron chi connectivity index (χ0n) is 16.7. The number of para-hydroxylation sites is 1. The number of rotatable bonds is 9. The van der Waals surface area contributed by atoms with Crippen molar-refractivity contribution in [2.75, 3.05) is 66.0 Å². The first-order chi connectivity index (χ1) is 13.2. The van der Waals surface area contributed by atoms with Gasteiger partial charge in [0.1, 0.15) is 5.75 Å². The van der Waals surface area contributed by atoms with Crippen LogP contribution in [0.4, 0.5) is 0 Å². The van der Waals surface area contributed by atoms with Crippen molar-refractivity contribution < 1.29 is 9.53 Å². The number of hydrogen-bond donors (Lipinski definition) is 1. The quantitative estimate of drug-likeness (QED) is 0.663. The average molecular weight is 375 g/mol. The van der Waals surface area contributed by atoms with Gasteiger partial charge < -0.3 is 24.8 Å². The van der Waals surface area contributed by atoms with Crippen molar-refractivity contribution in [3.63, 3.8) is 0 Å². The lowest BCUT2D eigenvalue weighted by Gasteiger charge is -2.32. The first kappa shape index (κ1) is 20.1. The molecule has 27 heavy (non-hydrogen) atoms. The van der Waals surface area contributed by atoms with E-state index >= 15 is 0 Å². The Bertz CT molecular complexity index is 581. The van der Waals surface area contributed by atoms with Gasteiger partial charge in [0.15, 0.2) is 6.61 Å². The predicted molar refractivity (Wildman–Crippen MR) is 108 cm³/mol. The number of nitrogens with one attached hydrogen (secondary N) is 1. The summed E-state index contributed by atoms with van der Waals surface area (Å²) in [4.78, 5) is 19.0. The smallest absolute Gasteiger partial charge is 0.260 e. The van der Waals surface area contributed by atoms with Crippen LogP contribution in [0.15, 0.2) is 24.3 Å². The van der Waals surface area contributed by atoms with Crippen molar-refractivity contribution in [3.05, 3.63) is 29.8 Å². The molecule has 0 unspecified atom stereocenters. The van der Waals surface area contributed by atoms with E-state index in [1.807, 2.05) is 23.1 Å². The lowest BCUT2D eigenvalue weighted by atomic mass is 10.2. The zero-order valence-corrected chi connectivity index (χ0v) is 16.7. The van der Waals surface area contributed by atoms with Crippen LogP contribution in [0.2, 0.25) is 0 Å².